The summed E-state index contributed by atoms with van der Waals surface area (Å²) in [5, 5.41) is 6.88. The Morgan fingerprint density at radius 1 is 0.759 bits per heavy atom. The van der Waals surface area contributed by atoms with Crippen LogP contribution < -0.4 is 20.1 Å². The van der Waals surface area contributed by atoms with Crippen molar-refractivity contribution < 1.29 is 9.47 Å². The molecule has 0 spiro atoms. The molecular weight excluding hydrogens is 360 g/mol. The van der Waals surface area contributed by atoms with Crippen LogP contribution in [-0.2, 0) is 0 Å². The highest BCUT2D eigenvalue weighted by Crippen LogP contribution is 2.18. The number of anilines is 2. The van der Waals surface area contributed by atoms with Gasteiger partial charge in [0.05, 0.1) is 13.2 Å². The van der Waals surface area contributed by atoms with E-state index in [2.05, 4.69) is 55.7 Å². The van der Waals surface area contributed by atoms with Crippen LogP contribution in [0.2, 0.25) is 0 Å². The van der Waals surface area contributed by atoms with Crippen molar-refractivity contribution in [3.63, 3.8) is 0 Å². The quantitative estimate of drug-likeness (QED) is 0.332. The van der Waals surface area contributed by atoms with Crippen LogP contribution in [0.25, 0.3) is 0 Å². The maximum atomic E-state index is 5.88. The van der Waals surface area contributed by atoms with Crippen LogP contribution in [0.4, 0.5) is 11.4 Å². The fraction of sp³-hybridized carbons (Fsp3) is 0.520. The number of hydrogen-bond acceptors (Lipinski definition) is 4. The third-order valence-corrected chi connectivity index (χ3v) is 4.57. The number of benzene rings is 2. The molecule has 4 nitrogen and oxygen atoms in total. The highest BCUT2D eigenvalue weighted by atomic mass is 16.5. The lowest BCUT2D eigenvalue weighted by molar-refractivity contribution is 0.271. The first-order chi connectivity index (χ1) is 14.2. The van der Waals surface area contributed by atoms with Gasteiger partial charge in [-0.3, -0.25) is 0 Å². The molecule has 29 heavy (non-hydrogen) atoms. The molecule has 2 aromatic rings. The van der Waals surface area contributed by atoms with Gasteiger partial charge in [-0.05, 0) is 48.7 Å². The number of hydrogen-bond donors (Lipinski definition) is 2. The van der Waals surface area contributed by atoms with Gasteiger partial charge in [-0.25, -0.2) is 0 Å². The summed E-state index contributed by atoms with van der Waals surface area (Å²) in [6.07, 6.45) is 6.29. The maximum Gasteiger partial charge on any atom is 0.121 e. The van der Waals surface area contributed by atoms with Crippen LogP contribution in [0.5, 0.6) is 11.5 Å². The van der Waals surface area contributed by atoms with Gasteiger partial charge in [-0.15, -0.1) is 0 Å². The van der Waals surface area contributed by atoms with Crippen LogP contribution in [-0.4, -0.2) is 26.3 Å². The van der Waals surface area contributed by atoms with Crippen LogP contribution in [0.3, 0.4) is 0 Å². The predicted octanol–water partition coefficient (Wildman–Crippen LogP) is 6.59. The first kappa shape index (κ1) is 22.9. The molecule has 0 atom stereocenters. The zero-order valence-electron chi connectivity index (χ0n) is 18.4. The van der Waals surface area contributed by atoms with Crippen molar-refractivity contribution in [3.8, 4) is 11.5 Å². The molecule has 2 rings (SSSR count). The molecule has 0 saturated carbocycles. The Kier molecular flexibility index (Phi) is 10.9. The minimum atomic E-state index is 0.536. The van der Waals surface area contributed by atoms with E-state index in [4.69, 9.17) is 9.47 Å². The fourth-order valence-electron chi connectivity index (χ4n) is 2.94. The summed E-state index contributed by atoms with van der Waals surface area (Å²) in [5.41, 5.74) is 2.19. The minimum Gasteiger partial charge on any atom is -0.494 e. The molecule has 2 aromatic carbocycles. The van der Waals surface area contributed by atoms with E-state index in [0.717, 1.165) is 55.6 Å². The fourth-order valence-corrected chi connectivity index (χ4v) is 2.94. The maximum absolute atomic E-state index is 5.88. The van der Waals surface area contributed by atoms with Crippen LogP contribution in [0, 0.1) is 5.92 Å². The van der Waals surface area contributed by atoms with Crippen LogP contribution in [0.1, 0.15) is 52.9 Å². The number of unbranched alkanes of at least 4 members (excludes halogenated alkanes) is 4. The van der Waals surface area contributed by atoms with Crippen molar-refractivity contribution in [3.05, 3.63) is 48.5 Å². The van der Waals surface area contributed by atoms with E-state index in [1.165, 1.54) is 25.7 Å². The average molecular weight is 399 g/mol. The molecule has 0 aliphatic heterocycles. The van der Waals surface area contributed by atoms with E-state index in [0.29, 0.717) is 5.92 Å². The molecule has 0 amide bonds. The van der Waals surface area contributed by atoms with Gasteiger partial charge in [0.15, 0.2) is 0 Å². The lowest BCUT2D eigenvalue weighted by Crippen LogP contribution is -2.13. The van der Waals surface area contributed by atoms with Gasteiger partial charge in [0.1, 0.15) is 11.5 Å². The van der Waals surface area contributed by atoms with E-state index in [9.17, 15) is 0 Å². The highest BCUT2D eigenvalue weighted by molar-refractivity contribution is 5.49. The summed E-state index contributed by atoms with van der Waals surface area (Å²) in [6.45, 7) is 9.77. The zero-order valence-corrected chi connectivity index (χ0v) is 18.4. The van der Waals surface area contributed by atoms with Crippen molar-refractivity contribution >= 4 is 11.4 Å². The Labute approximate surface area is 177 Å². The summed E-state index contributed by atoms with van der Waals surface area (Å²) >= 11 is 0. The molecule has 4 heteroatoms. The SMILES string of the molecule is CCCCCCCOc1cccc(NCCNc2ccc(OCC(C)C)cc2)c1. The Balaban J connectivity index is 1.63. The lowest BCUT2D eigenvalue weighted by Gasteiger charge is -2.12. The van der Waals surface area contributed by atoms with Crippen molar-refractivity contribution in [1.29, 1.82) is 0 Å². The first-order valence-electron chi connectivity index (χ1n) is 11.1. The third kappa shape index (κ3) is 10.1. The first-order valence-corrected chi connectivity index (χ1v) is 11.1. The molecule has 0 unspecified atom stereocenters. The Bertz CT molecular complexity index is 671. The van der Waals surface area contributed by atoms with Gasteiger partial charge < -0.3 is 20.1 Å². The zero-order chi connectivity index (χ0) is 20.7. The van der Waals surface area contributed by atoms with Crippen molar-refractivity contribution in [2.45, 2.75) is 52.9 Å². The van der Waals surface area contributed by atoms with E-state index in [1.807, 2.05) is 24.3 Å². The van der Waals surface area contributed by atoms with Gasteiger partial charge in [0.2, 0.25) is 0 Å². The summed E-state index contributed by atoms with van der Waals surface area (Å²) in [6, 6.07) is 16.4. The second kappa shape index (κ2) is 13.8. The Morgan fingerprint density at radius 2 is 1.48 bits per heavy atom. The molecule has 0 aromatic heterocycles. The Morgan fingerprint density at radius 3 is 2.21 bits per heavy atom. The predicted molar refractivity (Wildman–Crippen MR) is 124 cm³/mol. The topological polar surface area (TPSA) is 42.5 Å². The van der Waals surface area contributed by atoms with Gasteiger partial charge >= 0.3 is 0 Å². The Hall–Kier alpha value is -2.36. The molecule has 0 aliphatic rings. The molecular formula is C25H38N2O2. The van der Waals surface area contributed by atoms with Crippen molar-refractivity contribution in [2.75, 3.05) is 36.9 Å². The van der Waals surface area contributed by atoms with E-state index in [-0.39, 0.29) is 0 Å². The number of ether oxygens (including phenoxy) is 2. The summed E-state index contributed by atoms with van der Waals surface area (Å²) in [5.74, 6) is 2.40. The summed E-state index contributed by atoms with van der Waals surface area (Å²) in [4.78, 5) is 0. The molecule has 0 heterocycles. The second-order valence-electron chi connectivity index (χ2n) is 7.87. The third-order valence-electron chi connectivity index (χ3n) is 4.57. The molecule has 0 radical (unpaired) electrons. The average Bonchev–Trinajstić information content (AvgIpc) is 2.73. The normalized spacial score (nSPS) is 10.8. The second-order valence-corrected chi connectivity index (χ2v) is 7.87. The number of rotatable bonds is 15. The van der Waals surface area contributed by atoms with E-state index < -0.39 is 0 Å². The highest BCUT2D eigenvalue weighted by Gasteiger charge is 1.99. The van der Waals surface area contributed by atoms with Gasteiger partial charge in [0.25, 0.3) is 0 Å². The van der Waals surface area contributed by atoms with E-state index >= 15 is 0 Å². The van der Waals surface area contributed by atoms with Gasteiger partial charge in [0, 0.05) is 30.5 Å². The molecule has 160 valence electrons. The molecule has 0 bridgehead atoms. The molecule has 2 N–H and O–H groups in total. The van der Waals surface area contributed by atoms with Gasteiger partial charge in [-0.1, -0.05) is 52.5 Å². The summed E-state index contributed by atoms with van der Waals surface area (Å²) < 4.78 is 11.6. The standard InChI is InChI=1S/C25H38N2O2/c1-4-5-6-7-8-18-28-25-11-9-10-23(19-25)27-17-16-26-22-12-14-24(15-13-22)29-20-21(2)3/h9-15,19,21,26-27H,4-8,16-18,20H2,1-3H3. The monoisotopic (exact) mass is 398 g/mol. The molecule has 0 aliphatic carbocycles. The smallest absolute Gasteiger partial charge is 0.121 e. The number of nitrogens with one attached hydrogen (secondary N) is 2. The molecule has 0 fully saturated rings. The molecule has 0 saturated heterocycles. The van der Waals surface area contributed by atoms with Crippen molar-refractivity contribution in [1.82, 2.24) is 0 Å². The van der Waals surface area contributed by atoms with Crippen LogP contribution in [0.15, 0.2) is 48.5 Å². The van der Waals surface area contributed by atoms with E-state index in [1.54, 1.807) is 0 Å². The summed E-state index contributed by atoms with van der Waals surface area (Å²) in [7, 11) is 0. The van der Waals surface area contributed by atoms with Crippen molar-refractivity contribution in [2.24, 2.45) is 5.92 Å². The lowest BCUT2D eigenvalue weighted by atomic mass is 10.2. The largest absolute Gasteiger partial charge is 0.494 e. The van der Waals surface area contributed by atoms with Gasteiger partial charge in [-0.2, -0.15) is 0 Å². The van der Waals surface area contributed by atoms with Crippen LogP contribution >= 0.6 is 0 Å². The minimum absolute atomic E-state index is 0.536.